The van der Waals surface area contributed by atoms with Crippen LogP contribution in [0.5, 0.6) is 0 Å². The van der Waals surface area contributed by atoms with Crippen molar-refractivity contribution in [3.8, 4) is 0 Å². The molecule has 1 aromatic carbocycles. The number of thioether (sulfide) groups is 1. The summed E-state index contributed by atoms with van der Waals surface area (Å²) in [6.45, 7) is 13.7. The maximum absolute atomic E-state index is 14.6. The molecule has 2 unspecified atom stereocenters. The van der Waals surface area contributed by atoms with Gasteiger partial charge < -0.3 is 19.6 Å². The first-order chi connectivity index (χ1) is 17.8. The number of hydrogen-bond donors (Lipinski definition) is 1. The monoisotopic (exact) mass is 526 g/mol. The van der Waals surface area contributed by atoms with Crippen molar-refractivity contribution in [3.63, 3.8) is 0 Å². The van der Waals surface area contributed by atoms with Crippen molar-refractivity contribution in [1.82, 2.24) is 4.90 Å². The zero-order chi connectivity index (χ0) is 26.9. The highest BCUT2D eigenvalue weighted by Crippen LogP contribution is 2.67. The number of rotatable bonds is 11. The standard InChI is InChI=1S/C29H38N2O5S/c1-6-9-16-36-28(35)22-21-13-14-29(37-21)23(22)26(33)31(20(8-3)17-32)25(29)27(34)30(15-7-2)24-18(4)11-10-12-19(24)5/h6-7,10-12,20-23,25,32H,1-2,8-9,13-17H2,3-5H3/t20-,21-,22+,23-,25?,29?/m0/s1. The average molecular weight is 527 g/mol. The second-order valence-electron chi connectivity index (χ2n) is 10.3. The number of esters is 1. The topological polar surface area (TPSA) is 87.2 Å². The van der Waals surface area contributed by atoms with Crippen LogP contribution in [0.1, 0.15) is 43.7 Å². The molecule has 0 aromatic heterocycles. The molecule has 1 N–H and O–H groups in total. The van der Waals surface area contributed by atoms with E-state index in [0.717, 1.165) is 23.2 Å². The van der Waals surface area contributed by atoms with Gasteiger partial charge >= 0.3 is 5.97 Å². The average Bonchev–Trinajstić information content (AvgIpc) is 3.52. The Balaban J connectivity index is 1.80. The number of para-hydroxylation sites is 1. The van der Waals surface area contributed by atoms with Crippen LogP contribution in [0.2, 0.25) is 0 Å². The van der Waals surface area contributed by atoms with Crippen molar-refractivity contribution < 1.29 is 24.2 Å². The van der Waals surface area contributed by atoms with E-state index in [1.807, 2.05) is 39.0 Å². The summed E-state index contributed by atoms with van der Waals surface area (Å²) in [6.07, 6.45) is 5.84. The van der Waals surface area contributed by atoms with Gasteiger partial charge in [0, 0.05) is 17.5 Å². The number of amides is 2. The molecule has 4 rings (SSSR count). The van der Waals surface area contributed by atoms with Gasteiger partial charge in [0.25, 0.3) is 5.91 Å². The summed E-state index contributed by atoms with van der Waals surface area (Å²) in [7, 11) is 0. The number of ether oxygens (including phenoxy) is 1. The van der Waals surface area contributed by atoms with E-state index in [-0.39, 0.29) is 36.2 Å². The molecule has 3 fully saturated rings. The van der Waals surface area contributed by atoms with Crippen LogP contribution in [0.3, 0.4) is 0 Å². The summed E-state index contributed by atoms with van der Waals surface area (Å²) in [5, 5.41) is 10.2. The Morgan fingerprint density at radius 2 is 2.00 bits per heavy atom. The Bertz CT molecular complexity index is 1070. The Morgan fingerprint density at radius 3 is 2.59 bits per heavy atom. The van der Waals surface area contributed by atoms with Crippen LogP contribution in [0.15, 0.2) is 43.5 Å². The summed E-state index contributed by atoms with van der Waals surface area (Å²) in [6, 6.07) is 4.60. The van der Waals surface area contributed by atoms with Crippen LogP contribution in [-0.4, -0.2) is 69.6 Å². The lowest BCUT2D eigenvalue weighted by Gasteiger charge is -2.40. The molecule has 200 valence electrons. The van der Waals surface area contributed by atoms with E-state index in [1.54, 1.807) is 33.7 Å². The number of likely N-dealkylation sites (tertiary alicyclic amines) is 1. The van der Waals surface area contributed by atoms with Gasteiger partial charge in [-0.1, -0.05) is 37.3 Å². The molecule has 2 amide bonds. The summed E-state index contributed by atoms with van der Waals surface area (Å²) in [5.74, 6) is -2.03. The predicted octanol–water partition coefficient (Wildman–Crippen LogP) is 3.80. The number of aliphatic hydroxyl groups excluding tert-OH is 1. The second kappa shape index (κ2) is 11.0. The van der Waals surface area contributed by atoms with Crippen molar-refractivity contribution >= 4 is 35.2 Å². The lowest BCUT2D eigenvalue weighted by molar-refractivity contribution is -0.154. The molecule has 3 aliphatic heterocycles. The number of hydrogen-bond acceptors (Lipinski definition) is 6. The van der Waals surface area contributed by atoms with Gasteiger partial charge in [0.15, 0.2) is 0 Å². The van der Waals surface area contributed by atoms with Crippen LogP contribution in [0.4, 0.5) is 5.69 Å². The number of carbonyl (C=O) groups is 3. The Morgan fingerprint density at radius 1 is 1.30 bits per heavy atom. The molecular weight excluding hydrogens is 488 g/mol. The number of aryl methyl sites for hydroxylation is 2. The minimum absolute atomic E-state index is 0.0649. The van der Waals surface area contributed by atoms with Crippen molar-refractivity contribution in [2.75, 3.05) is 24.7 Å². The molecule has 7 nitrogen and oxygen atoms in total. The Hall–Kier alpha value is -2.58. The van der Waals surface area contributed by atoms with E-state index in [2.05, 4.69) is 13.2 Å². The number of aliphatic hydroxyl groups is 1. The maximum atomic E-state index is 14.6. The Kier molecular flexibility index (Phi) is 8.19. The van der Waals surface area contributed by atoms with E-state index < -0.39 is 28.7 Å². The lowest BCUT2D eigenvalue weighted by Crippen LogP contribution is -2.57. The molecule has 0 saturated carbocycles. The van der Waals surface area contributed by atoms with Gasteiger partial charge in [-0.2, -0.15) is 0 Å². The first-order valence-electron chi connectivity index (χ1n) is 13.1. The zero-order valence-corrected chi connectivity index (χ0v) is 22.8. The maximum Gasteiger partial charge on any atom is 0.310 e. The van der Waals surface area contributed by atoms with Gasteiger partial charge in [0.2, 0.25) is 5.91 Å². The normalized spacial score (nSPS) is 28.6. The fourth-order valence-electron chi connectivity index (χ4n) is 6.58. The van der Waals surface area contributed by atoms with Crippen LogP contribution in [-0.2, 0) is 19.1 Å². The fraction of sp³-hybridized carbons (Fsp3) is 0.552. The van der Waals surface area contributed by atoms with Gasteiger partial charge in [0.05, 0.1) is 35.8 Å². The summed E-state index contributed by atoms with van der Waals surface area (Å²) in [5.41, 5.74) is 2.73. The zero-order valence-electron chi connectivity index (χ0n) is 22.0. The van der Waals surface area contributed by atoms with E-state index in [4.69, 9.17) is 4.74 Å². The molecule has 0 radical (unpaired) electrons. The van der Waals surface area contributed by atoms with Gasteiger partial charge in [-0.15, -0.1) is 24.9 Å². The van der Waals surface area contributed by atoms with Gasteiger partial charge in [-0.05, 0) is 50.7 Å². The predicted molar refractivity (Wildman–Crippen MR) is 146 cm³/mol. The van der Waals surface area contributed by atoms with Gasteiger partial charge in [-0.3, -0.25) is 14.4 Å². The highest BCUT2D eigenvalue weighted by Gasteiger charge is 2.74. The van der Waals surface area contributed by atoms with Gasteiger partial charge in [-0.25, -0.2) is 0 Å². The first kappa shape index (κ1) is 27.5. The molecule has 3 heterocycles. The Labute approximate surface area is 223 Å². The summed E-state index contributed by atoms with van der Waals surface area (Å²) in [4.78, 5) is 45.3. The highest BCUT2D eigenvalue weighted by atomic mass is 32.2. The van der Waals surface area contributed by atoms with Gasteiger partial charge in [0.1, 0.15) is 6.04 Å². The van der Waals surface area contributed by atoms with Crippen molar-refractivity contribution in [2.24, 2.45) is 11.8 Å². The van der Waals surface area contributed by atoms with E-state index >= 15 is 0 Å². The molecule has 1 spiro atoms. The van der Waals surface area contributed by atoms with E-state index in [9.17, 15) is 19.5 Å². The third-order valence-corrected chi connectivity index (χ3v) is 10.1. The second-order valence-corrected chi connectivity index (χ2v) is 11.9. The van der Waals surface area contributed by atoms with Crippen molar-refractivity contribution in [1.29, 1.82) is 0 Å². The smallest absolute Gasteiger partial charge is 0.310 e. The largest absolute Gasteiger partial charge is 0.465 e. The van der Waals surface area contributed by atoms with Crippen molar-refractivity contribution in [3.05, 3.63) is 54.6 Å². The number of carbonyl (C=O) groups excluding carboxylic acids is 3. The third-order valence-electron chi connectivity index (χ3n) is 8.17. The van der Waals surface area contributed by atoms with Crippen LogP contribution in [0, 0.1) is 25.7 Å². The number of benzene rings is 1. The number of anilines is 1. The minimum Gasteiger partial charge on any atom is -0.465 e. The molecule has 37 heavy (non-hydrogen) atoms. The summed E-state index contributed by atoms with van der Waals surface area (Å²) < 4.78 is 4.81. The van der Waals surface area contributed by atoms with Crippen LogP contribution in [0.25, 0.3) is 0 Å². The van der Waals surface area contributed by atoms with E-state index in [1.165, 1.54) is 0 Å². The molecule has 3 saturated heterocycles. The molecule has 2 bridgehead atoms. The minimum atomic E-state index is -0.790. The summed E-state index contributed by atoms with van der Waals surface area (Å²) >= 11 is 1.61. The SMILES string of the molecule is C=CCCOC(=O)[C@@H]1[C@@H]2CCC3(S2)C(C(=O)N(CC=C)c2c(C)cccc2C)N([C@@H](CC)CO)C(=O)[C@H]13. The first-order valence-corrected chi connectivity index (χ1v) is 14.0. The molecule has 6 atom stereocenters. The van der Waals surface area contributed by atoms with Crippen molar-refractivity contribution in [2.45, 2.75) is 68.5 Å². The van der Waals surface area contributed by atoms with Crippen LogP contribution >= 0.6 is 11.8 Å². The highest BCUT2D eigenvalue weighted by molar-refractivity contribution is 8.02. The molecule has 0 aliphatic carbocycles. The fourth-order valence-corrected chi connectivity index (χ4v) is 8.77. The quantitative estimate of drug-likeness (QED) is 0.268. The van der Waals surface area contributed by atoms with E-state index in [0.29, 0.717) is 25.8 Å². The molecule has 1 aromatic rings. The molecule has 3 aliphatic rings. The molecule has 8 heteroatoms. The third kappa shape index (κ3) is 4.42. The molecular formula is C29H38N2O5S. The number of fused-ring (bicyclic) bond motifs is 1. The lowest BCUT2D eigenvalue weighted by atomic mass is 9.71. The van der Waals surface area contributed by atoms with Crippen LogP contribution < -0.4 is 4.90 Å². The number of nitrogens with zero attached hydrogens (tertiary/aromatic N) is 2.